The molecule has 0 aliphatic carbocycles. The number of hydrogen-bond acceptors (Lipinski definition) is 5. The molecule has 0 atom stereocenters. The van der Waals surface area contributed by atoms with E-state index in [0.717, 1.165) is 11.3 Å². The van der Waals surface area contributed by atoms with Crippen molar-refractivity contribution in [1.82, 2.24) is 0 Å². The van der Waals surface area contributed by atoms with Crippen LogP contribution in [0.3, 0.4) is 0 Å². The van der Waals surface area contributed by atoms with Crippen LogP contribution < -0.4 is 10.1 Å². The van der Waals surface area contributed by atoms with E-state index in [-0.39, 0.29) is 24.0 Å². The maximum Gasteiger partial charge on any atom is 0.276 e. The number of benzene rings is 2. The Morgan fingerprint density at radius 1 is 1.28 bits per heavy atom. The number of hydrogen-bond donors (Lipinski definition) is 1. The number of nitro benzene ring substituents is 1. The van der Waals surface area contributed by atoms with Crippen molar-refractivity contribution in [2.24, 2.45) is 0 Å². The molecule has 2 aromatic carbocycles. The van der Waals surface area contributed by atoms with Crippen molar-refractivity contribution in [2.45, 2.75) is 19.8 Å². The van der Waals surface area contributed by atoms with Crippen molar-refractivity contribution in [2.75, 3.05) is 11.9 Å². The first-order valence-corrected chi connectivity index (χ1v) is 7.78. The summed E-state index contributed by atoms with van der Waals surface area (Å²) in [6.45, 7) is 1.37. The number of nitro groups is 1. The summed E-state index contributed by atoms with van der Waals surface area (Å²) < 4.78 is 5.48. The average molecular weight is 340 g/mol. The quantitative estimate of drug-likeness (QED) is 0.512. The van der Waals surface area contributed by atoms with E-state index in [4.69, 9.17) is 4.74 Å². The molecular weight excluding hydrogens is 324 g/mol. The number of aryl methyl sites for hydroxylation is 1. The van der Waals surface area contributed by atoms with Crippen LogP contribution in [0.25, 0.3) is 0 Å². The first-order chi connectivity index (χ1) is 12.0. The molecule has 7 heteroatoms. The van der Waals surface area contributed by atoms with Gasteiger partial charge in [-0.3, -0.25) is 19.7 Å². The van der Waals surface area contributed by atoms with Crippen molar-refractivity contribution in [3.8, 4) is 5.75 Å². The summed E-state index contributed by atoms with van der Waals surface area (Å²) >= 11 is 0. The lowest BCUT2D eigenvalue weighted by molar-refractivity contribution is -0.385. The number of amides is 1. The monoisotopic (exact) mass is 340 g/mol. The molecule has 7 nitrogen and oxygen atoms in total. The summed E-state index contributed by atoms with van der Waals surface area (Å²) in [5, 5.41) is 13.7. The van der Waals surface area contributed by atoms with Crippen molar-refractivity contribution in [1.29, 1.82) is 0 Å². The highest BCUT2D eigenvalue weighted by atomic mass is 16.6. The minimum Gasteiger partial charge on any atom is -0.485 e. The van der Waals surface area contributed by atoms with Gasteiger partial charge in [-0.05, 0) is 43.2 Å². The zero-order valence-electron chi connectivity index (χ0n) is 13.6. The first kappa shape index (κ1) is 16.6. The number of nitrogens with one attached hydrogen (secondary N) is 1. The van der Waals surface area contributed by atoms with Gasteiger partial charge in [-0.1, -0.05) is 6.07 Å². The van der Waals surface area contributed by atoms with E-state index < -0.39 is 4.92 Å². The number of anilines is 1. The molecule has 25 heavy (non-hydrogen) atoms. The van der Waals surface area contributed by atoms with Crippen LogP contribution in [0.2, 0.25) is 0 Å². The van der Waals surface area contributed by atoms with E-state index >= 15 is 0 Å². The van der Waals surface area contributed by atoms with Crippen LogP contribution in [0, 0.1) is 17.0 Å². The highest BCUT2D eigenvalue weighted by Gasteiger charge is 2.18. The Balaban J connectivity index is 1.72. The van der Waals surface area contributed by atoms with Gasteiger partial charge < -0.3 is 10.1 Å². The molecule has 1 heterocycles. The largest absolute Gasteiger partial charge is 0.485 e. The Bertz CT molecular complexity index is 876. The van der Waals surface area contributed by atoms with Crippen LogP contribution in [-0.4, -0.2) is 23.2 Å². The molecule has 128 valence electrons. The number of rotatable bonds is 5. The van der Waals surface area contributed by atoms with Gasteiger partial charge in [0, 0.05) is 23.7 Å². The molecule has 3 rings (SSSR count). The van der Waals surface area contributed by atoms with Gasteiger partial charge >= 0.3 is 0 Å². The molecule has 0 bridgehead atoms. The second-order valence-corrected chi connectivity index (χ2v) is 5.79. The van der Waals surface area contributed by atoms with E-state index in [1.807, 2.05) is 0 Å². The molecule has 1 amide bonds. The predicted molar refractivity (Wildman–Crippen MR) is 91.1 cm³/mol. The van der Waals surface area contributed by atoms with E-state index in [2.05, 4.69) is 5.32 Å². The molecule has 0 spiro atoms. The van der Waals surface area contributed by atoms with Gasteiger partial charge in [0.2, 0.25) is 5.91 Å². The highest BCUT2D eigenvalue weighted by molar-refractivity contribution is 5.99. The molecule has 1 aliphatic heterocycles. The SMILES string of the molecule is Cc1c(OCC(=O)c2ccc3c(c2)CCC(=O)N3)cccc1[N+](=O)[O-]. The Kier molecular flexibility index (Phi) is 4.47. The fraction of sp³-hybridized carbons (Fsp3) is 0.222. The Morgan fingerprint density at radius 3 is 2.84 bits per heavy atom. The molecule has 0 saturated carbocycles. The predicted octanol–water partition coefficient (Wildman–Crippen LogP) is 3.05. The van der Waals surface area contributed by atoms with Crippen LogP contribution in [0.15, 0.2) is 36.4 Å². The number of carbonyl (C=O) groups excluding carboxylic acids is 2. The maximum atomic E-state index is 12.4. The van der Waals surface area contributed by atoms with E-state index in [1.165, 1.54) is 12.1 Å². The number of nitrogens with zero attached hydrogens (tertiary/aromatic N) is 1. The van der Waals surface area contributed by atoms with Crippen LogP contribution in [0.5, 0.6) is 5.75 Å². The molecule has 0 unspecified atom stereocenters. The first-order valence-electron chi connectivity index (χ1n) is 7.78. The number of ether oxygens (including phenoxy) is 1. The third-order valence-electron chi connectivity index (χ3n) is 4.13. The normalized spacial score (nSPS) is 12.9. The summed E-state index contributed by atoms with van der Waals surface area (Å²) in [6, 6.07) is 9.60. The summed E-state index contributed by atoms with van der Waals surface area (Å²) in [6.07, 6.45) is 0.987. The van der Waals surface area contributed by atoms with Gasteiger partial charge in [0.15, 0.2) is 12.4 Å². The smallest absolute Gasteiger partial charge is 0.276 e. The third-order valence-corrected chi connectivity index (χ3v) is 4.13. The van der Waals surface area contributed by atoms with Crippen LogP contribution in [-0.2, 0) is 11.2 Å². The molecule has 2 aromatic rings. The standard InChI is InChI=1S/C18H16N2O5/c1-11-15(20(23)24)3-2-4-17(11)25-10-16(21)13-5-7-14-12(9-13)6-8-18(22)19-14/h2-5,7,9H,6,8,10H2,1H3,(H,19,22). The molecule has 0 saturated heterocycles. The van der Waals surface area contributed by atoms with E-state index in [0.29, 0.717) is 29.7 Å². The van der Waals surface area contributed by atoms with E-state index in [9.17, 15) is 19.7 Å². The summed E-state index contributed by atoms with van der Waals surface area (Å²) in [7, 11) is 0. The van der Waals surface area contributed by atoms with Crippen LogP contribution in [0.1, 0.15) is 27.9 Å². The lowest BCUT2D eigenvalue weighted by atomic mass is 9.99. The van der Waals surface area contributed by atoms with E-state index in [1.54, 1.807) is 31.2 Å². The number of ketones is 1. The molecule has 0 aromatic heterocycles. The lowest BCUT2D eigenvalue weighted by Crippen LogP contribution is -2.20. The van der Waals surface area contributed by atoms with Gasteiger partial charge in [0.05, 0.1) is 10.5 Å². The van der Waals surface area contributed by atoms with Crippen LogP contribution in [0.4, 0.5) is 11.4 Å². The van der Waals surface area contributed by atoms with Crippen molar-refractivity contribution in [3.63, 3.8) is 0 Å². The lowest BCUT2D eigenvalue weighted by Gasteiger charge is -2.17. The molecule has 1 aliphatic rings. The zero-order valence-corrected chi connectivity index (χ0v) is 13.6. The number of Topliss-reactive ketones (excluding diaryl/α,β-unsaturated/α-hetero) is 1. The van der Waals surface area contributed by atoms with Crippen molar-refractivity contribution >= 4 is 23.1 Å². The minimum absolute atomic E-state index is 0.0314. The minimum atomic E-state index is -0.484. The number of fused-ring (bicyclic) bond motifs is 1. The van der Waals surface area contributed by atoms with Crippen molar-refractivity contribution in [3.05, 3.63) is 63.2 Å². The number of carbonyl (C=O) groups is 2. The Labute approximate surface area is 143 Å². The fourth-order valence-corrected chi connectivity index (χ4v) is 2.74. The Morgan fingerprint density at radius 2 is 2.08 bits per heavy atom. The molecule has 0 radical (unpaired) electrons. The fourth-order valence-electron chi connectivity index (χ4n) is 2.74. The maximum absolute atomic E-state index is 12.4. The topological polar surface area (TPSA) is 98.5 Å². The van der Waals surface area contributed by atoms with Gasteiger partial charge in [0.25, 0.3) is 5.69 Å². The van der Waals surface area contributed by atoms with Gasteiger partial charge in [-0.25, -0.2) is 0 Å². The average Bonchev–Trinajstić information content (AvgIpc) is 2.59. The third kappa shape index (κ3) is 3.50. The second-order valence-electron chi connectivity index (χ2n) is 5.79. The molecular formula is C18H16N2O5. The Hall–Kier alpha value is -3.22. The van der Waals surface area contributed by atoms with Crippen LogP contribution >= 0.6 is 0 Å². The van der Waals surface area contributed by atoms with Gasteiger partial charge in [0.1, 0.15) is 5.75 Å². The molecule has 0 fully saturated rings. The van der Waals surface area contributed by atoms with Gasteiger partial charge in [-0.2, -0.15) is 0 Å². The zero-order chi connectivity index (χ0) is 18.0. The van der Waals surface area contributed by atoms with Crippen molar-refractivity contribution < 1.29 is 19.2 Å². The highest BCUT2D eigenvalue weighted by Crippen LogP contribution is 2.27. The van der Waals surface area contributed by atoms with Gasteiger partial charge in [-0.15, -0.1) is 0 Å². The summed E-state index contributed by atoms with van der Waals surface area (Å²) in [5.74, 6) is 0.0504. The molecule has 1 N–H and O–H groups in total. The second kappa shape index (κ2) is 6.72. The summed E-state index contributed by atoms with van der Waals surface area (Å²) in [4.78, 5) is 34.2. The summed E-state index contributed by atoms with van der Waals surface area (Å²) in [5.41, 5.74) is 2.46.